The molecule has 1 N–H and O–H groups in total. The highest BCUT2D eigenvalue weighted by atomic mass is 16.3. The van der Waals surface area contributed by atoms with Gasteiger partial charge in [-0.2, -0.15) is 0 Å². The van der Waals surface area contributed by atoms with E-state index in [4.69, 9.17) is 5.11 Å². The first kappa shape index (κ1) is 5.09. The lowest BCUT2D eigenvalue weighted by atomic mass is 10.4. The van der Waals surface area contributed by atoms with Crippen molar-refractivity contribution >= 4 is 0 Å². The van der Waals surface area contributed by atoms with Gasteiger partial charge in [-0.05, 0) is 19.1 Å². The van der Waals surface area contributed by atoms with Crippen molar-refractivity contribution in [2.24, 2.45) is 0 Å². The highest BCUT2D eigenvalue weighted by molar-refractivity contribution is 5.11. The molecule has 0 spiro atoms. The Morgan fingerprint density at radius 2 is 2.38 bits per heavy atom. The zero-order valence-electron chi connectivity index (χ0n) is 4.55. The molecule has 8 heavy (non-hydrogen) atoms. The molecule has 2 heteroatoms. The van der Waals surface area contributed by atoms with Crippen LogP contribution in [0.4, 0.5) is 0 Å². The van der Waals surface area contributed by atoms with Crippen LogP contribution in [0.3, 0.4) is 0 Å². The largest absolute Gasteiger partial charge is 0.493 e. The minimum Gasteiger partial charge on any atom is -0.493 e. The summed E-state index contributed by atoms with van der Waals surface area (Å²) in [5.74, 6) is 0.0324. The van der Waals surface area contributed by atoms with Crippen LogP contribution in [0.5, 0.6) is 5.88 Å². The fraction of sp³-hybridized carbons (Fsp3) is 0.167. The van der Waals surface area contributed by atoms with Crippen molar-refractivity contribution in [1.29, 1.82) is 0 Å². The van der Waals surface area contributed by atoms with Crippen LogP contribution < -0.4 is 0 Å². The van der Waals surface area contributed by atoms with E-state index in [1.807, 2.05) is 0 Å². The molecule has 0 aliphatic heterocycles. The summed E-state index contributed by atoms with van der Waals surface area (Å²) in [7, 11) is 0. The maximum atomic E-state index is 8.67. The molecule has 1 aromatic heterocycles. The number of rotatable bonds is 0. The molecule has 0 amide bonds. The molecule has 0 aliphatic carbocycles. The second-order valence-corrected chi connectivity index (χ2v) is 1.57. The lowest BCUT2D eigenvalue weighted by Gasteiger charge is -1.88. The maximum Gasteiger partial charge on any atom is 0.211 e. The molecule has 1 heterocycles. The predicted octanol–water partition coefficient (Wildman–Crippen LogP) is 0.896. The van der Waals surface area contributed by atoms with Crippen LogP contribution in [-0.4, -0.2) is 10.1 Å². The molecule has 0 bridgehead atoms. The molecule has 1 rings (SSSR count). The number of pyridine rings is 1. The normalized spacial score (nSPS) is 9.12. The molecule has 0 atom stereocenters. The lowest BCUT2D eigenvalue weighted by molar-refractivity contribution is 0.452. The summed E-state index contributed by atoms with van der Waals surface area (Å²) in [4.78, 5) is 3.70. The molecule has 0 aromatic carbocycles. The Labute approximate surface area is 47.8 Å². The van der Waals surface area contributed by atoms with Crippen LogP contribution in [0, 0.1) is 13.0 Å². The summed E-state index contributed by atoms with van der Waals surface area (Å²) < 4.78 is 0. The fourth-order valence-corrected chi connectivity index (χ4v) is 0.482. The van der Waals surface area contributed by atoms with Gasteiger partial charge in [0.15, 0.2) is 0 Å². The predicted molar refractivity (Wildman–Crippen MR) is 29.5 cm³/mol. The first-order chi connectivity index (χ1) is 3.79. The fourth-order valence-electron chi connectivity index (χ4n) is 0.482. The lowest BCUT2D eigenvalue weighted by Crippen LogP contribution is -1.76. The molecule has 41 valence electrons. The van der Waals surface area contributed by atoms with Crippen LogP contribution in [0.15, 0.2) is 12.1 Å². The van der Waals surface area contributed by atoms with E-state index in [0.717, 1.165) is 5.69 Å². The molecule has 0 unspecified atom stereocenters. The van der Waals surface area contributed by atoms with Crippen LogP contribution in [0.2, 0.25) is 0 Å². The molecule has 0 aliphatic rings. The first-order valence-corrected chi connectivity index (χ1v) is 2.33. The summed E-state index contributed by atoms with van der Waals surface area (Å²) in [5, 5.41) is 8.67. The minimum absolute atomic E-state index is 0.0324. The highest BCUT2D eigenvalue weighted by Gasteiger charge is 1.85. The van der Waals surface area contributed by atoms with E-state index in [1.165, 1.54) is 6.07 Å². The van der Waals surface area contributed by atoms with Crippen molar-refractivity contribution in [3.63, 3.8) is 0 Å². The van der Waals surface area contributed by atoms with Crippen LogP contribution in [0.1, 0.15) is 5.69 Å². The van der Waals surface area contributed by atoms with Gasteiger partial charge >= 0.3 is 0 Å². The van der Waals surface area contributed by atoms with E-state index in [9.17, 15) is 0 Å². The summed E-state index contributed by atoms with van der Waals surface area (Å²) >= 11 is 0. The van der Waals surface area contributed by atoms with Gasteiger partial charge in [0.25, 0.3) is 0 Å². The van der Waals surface area contributed by atoms with E-state index in [1.54, 1.807) is 13.0 Å². The molecule has 2 nitrogen and oxygen atoms in total. The van der Waals surface area contributed by atoms with Crippen LogP contribution >= 0.6 is 0 Å². The summed E-state index contributed by atoms with van der Waals surface area (Å²) in [5.41, 5.74) is 0.782. The van der Waals surface area contributed by atoms with Crippen molar-refractivity contribution in [3.05, 3.63) is 23.9 Å². The Morgan fingerprint density at radius 3 is 2.75 bits per heavy atom. The molecule has 0 fully saturated rings. The zero-order valence-corrected chi connectivity index (χ0v) is 4.55. The van der Waals surface area contributed by atoms with E-state index in [-0.39, 0.29) is 5.88 Å². The molecule has 0 saturated heterocycles. The Bertz CT molecular complexity index is 168. The topological polar surface area (TPSA) is 33.1 Å². The standard InChI is InChI=1S/C6H6NO/c1-5-3-2-4-6(8)7-5/h3-4H,1H3,(H,7,8). The van der Waals surface area contributed by atoms with Crippen molar-refractivity contribution in [3.8, 4) is 5.88 Å². The SMILES string of the molecule is Cc1c[c]cc(O)n1. The molecule has 0 saturated carbocycles. The third-order valence-corrected chi connectivity index (χ3v) is 0.796. The van der Waals surface area contributed by atoms with Gasteiger partial charge in [-0.1, -0.05) is 0 Å². The van der Waals surface area contributed by atoms with E-state index in [2.05, 4.69) is 11.1 Å². The van der Waals surface area contributed by atoms with Crippen LogP contribution in [0.25, 0.3) is 0 Å². The molecule has 1 radical (unpaired) electrons. The van der Waals surface area contributed by atoms with Gasteiger partial charge in [0.1, 0.15) is 0 Å². The van der Waals surface area contributed by atoms with E-state index >= 15 is 0 Å². The number of hydrogen-bond donors (Lipinski definition) is 1. The second-order valence-electron chi connectivity index (χ2n) is 1.57. The van der Waals surface area contributed by atoms with Crippen molar-refractivity contribution in [2.75, 3.05) is 0 Å². The van der Waals surface area contributed by atoms with Crippen molar-refractivity contribution < 1.29 is 5.11 Å². The number of nitrogens with zero attached hydrogens (tertiary/aromatic N) is 1. The quantitative estimate of drug-likeness (QED) is 0.535. The Kier molecular flexibility index (Phi) is 1.16. The maximum absolute atomic E-state index is 8.67. The van der Waals surface area contributed by atoms with E-state index in [0.29, 0.717) is 0 Å². The highest BCUT2D eigenvalue weighted by Crippen LogP contribution is 2.01. The van der Waals surface area contributed by atoms with Gasteiger partial charge in [0.2, 0.25) is 5.88 Å². The third-order valence-electron chi connectivity index (χ3n) is 0.796. The number of aryl methyl sites for hydroxylation is 1. The Hall–Kier alpha value is -1.05. The molecular weight excluding hydrogens is 102 g/mol. The summed E-state index contributed by atoms with van der Waals surface area (Å²) in [6.45, 7) is 1.80. The minimum atomic E-state index is 0.0324. The van der Waals surface area contributed by atoms with Gasteiger partial charge in [-0.25, -0.2) is 4.98 Å². The number of aromatic nitrogens is 1. The van der Waals surface area contributed by atoms with Gasteiger partial charge < -0.3 is 5.11 Å². The van der Waals surface area contributed by atoms with Gasteiger partial charge in [-0.15, -0.1) is 0 Å². The Morgan fingerprint density at radius 1 is 1.62 bits per heavy atom. The summed E-state index contributed by atoms with van der Waals surface area (Å²) in [6, 6.07) is 5.85. The summed E-state index contributed by atoms with van der Waals surface area (Å²) in [6.07, 6.45) is 0. The van der Waals surface area contributed by atoms with Gasteiger partial charge in [0, 0.05) is 11.8 Å². The molecule has 1 aromatic rings. The second kappa shape index (κ2) is 1.82. The van der Waals surface area contributed by atoms with Gasteiger partial charge in [0.05, 0.1) is 0 Å². The molecular formula is C6H6NO. The third kappa shape index (κ3) is 0.964. The van der Waals surface area contributed by atoms with Gasteiger partial charge in [-0.3, -0.25) is 0 Å². The number of aromatic hydroxyl groups is 1. The average Bonchev–Trinajstić information content (AvgIpc) is 1.64. The van der Waals surface area contributed by atoms with Crippen LogP contribution in [-0.2, 0) is 0 Å². The van der Waals surface area contributed by atoms with Crippen molar-refractivity contribution in [2.45, 2.75) is 6.92 Å². The monoisotopic (exact) mass is 108 g/mol. The zero-order chi connectivity index (χ0) is 5.98. The number of hydrogen-bond acceptors (Lipinski definition) is 2. The average molecular weight is 108 g/mol. The van der Waals surface area contributed by atoms with E-state index < -0.39 is 0 Å². The first-order valence-electron chi connectivity index (χ1n) is 2.33. The smallest absolute Gasteiger partial charge is 0.211 e. The van der Waals surface area contributed by atoms with Crippen molar-refractivity contribution in [1.82, 2.24) is 4.98 Å². The Balaban J connectivity index is 3.08.